The average molecular weight is 786 g/mol. The maximum Gasteiger partial charge on any atom is 0.0711 e. The molecule has 0 bridgehead atoms. The van der Waals surface area contributed by atoms with Crippen LogP contribution in [0.1, 0.15) is 54.5 Å². The van der Waals surface area contributed by atoms with Crippen LogP contribution in [0.2, 0.25) is 0 Å². The minimum Gasteiger partial charge on any atom is -0.310 e. The van der Waals surface area contributed by atoms with Crippen molar-refractivity contribution in [2.24, 2.45) is 0 Å². The second kappa shape index (κ2) is 13.4. The molecule has 0 saturated carbocycles. The zero-order valence-corrected chi connectivity index (χ0v) is 34.6. The van der Waals surface area contributed by atoms with Gasteiger partial charge in [-0.3, -0.25) is 0 Å². The lowest BCUT2D eigenvalue weighted by molar-refractivity contribution is 0.661. The summed E-state index contributed by atoms with van der Waals surface area (Å²) in [6.07, 6.45) is 9.35. The maximum atomic E-state index is 2.50. The summed E-state index contributed by atoms with van der Waals surface area (Å²) in [5, 5.41) is 2.70. The summed E-state index contributed by atoms with van der Waals surface area (Å²) < 4.78 is 2.74. The highest BCUT2D eigenvalue weighted by Gasteiger charge is 2.47. The van der Waals surface area contributed by atoms with Gasteiger partial charge >= 0.3 is 0 Å². The number of anilines is 3. The first-order valence-electron chi connectivity index (χ1n) is 21.2. The summed E-state index contributed by atoms with van der Waals surface area (Å²) in [5.74, 6) is 0. The fourth-order valence-corrected chi connectivity index (χ4v) is 12.0. The van der Waals surface area contributed by atoms with Crippen molar-refractivity contribution >= 4 is 48.6 Å². The highest BCUT2D eigenvalue weighted by Crippen LogP contribution is 2.59. The zero-order chi connectivity index (χ0) is 40.0. The molecule has 9 aromatic rings. The van der Waals surface area contributed by atoms with Crippen molar-refractivity contribution in [1.82, 2.24) is 0 Å². The molecule has 1 unspecified atom stereocenters. The molecule has 1 nitrogen and oxygen atoms in total. The van der Waals surface area contributed by atoms with Crippen molar-refractivity contribution in [3.8, 4) is 33.4 Å². The monoisotopic (exact) mass is 785 g/mol. The molecule has 1 atom stereocenters. The molecule has 0 fully saturated rings. The first-order chi connectivity index (χ1) is 29.5. The van der Waals surface area contributed by atoms with Crippen LogP contribution in [0.25, 0.3) is 53.6 Å². The number of hydrogen-bond donors (Lipinski definition) is 0. The van der Waals surface area contributed by atoms with E-state index in [2.05, 4.69) is 219 Å². The van der Waals surface area contributed by atoms with Crippen LogP contribution in [-0.4, -0.2) is 0 Å². The van der Waals surface area contributed by atoms with E-state index in [0.717, 1.165) is 29.9 Å². The van der Waals surface area contributed by atoms with Gasteiger partial charge in [-0.15, -0.1) is 11.3 Å². The number of nitrogens with zero attached hydrogens (tertiary/aromatic N) is 1. The summed E-state index contributed by atoms with van der Waals surface area (Å²) in [6.45, 7) is 4.82. The topological polar surface area (TPSA) is 3.24 Å². The lowest BCUT2D eigenvalue weighted by Crippen LogP contribution is -2.29. The second-order valence-electron chi connectivity index (χ2n) is 17.1. The van der Waals surface area contributed by atoms with Crippen LogP contribution in [0, 0.1) is 0 Å². The molecule has 0 N–H and O–H groups in total. The minimum absolute atomic E-state index is 0.171. The number of fused-ring (bicyclic) bond motifs is 10. The van der Waals surface area contributed by atoms with Gasteiger partial charge < -0.3 is 4.90 Å². The predicted molar refractivity (Wildman–Crippen MR) is 255 cm³/mol. The summed E-state index contributed by atoms with van der Waals surface area (Å²) in [6, 6.07) is 68.2. The Kier molecular flexibility index (Phi) is 7.86. The van der Waals surface area contributed by atoms with E-state index in [0.29, 0.717) is 0 Å². The molecular weight excluding hydrogens is 743 g/mol. The van der Waals surface area contributed by atoms with Gasteiger partial charge in [0.1, 0.15) is 0 Å². The van der Waals surface area contributed by atoms with Crippen molar-refractivity contribution in [3.05, 3.63) is 234 Å². The smallest absolute Gasteiger partial charge is 0.0711 e. The maximum absolute atomic E-state index is 2.50. The van der Waals surface area contributed by atoms with Crippen molar-refractivity contribution in [2.45, 2.75) is 37.5 Å². The Morgan fingerprint density at radius 1 is 0.483 bits per heavy atom. The van der Waals surface area contributed by atoms with E-state index in [9.17, 15) is 0 Å². The van der Waals surface area contributed by atoms with E-state index in [4.69, 9.17) is 0 Å². The molecule has 3 aliphatic rings. The summed E-state index contributed by atoms with van der Waals surface area (Å²) >= 11 is 1.93. The van der Waals surface area contributed by atoms with Crippen LogP contribution < -0.4 is 4.90 Å². The van der Waals surface area contributed by atoms with Gasteiger partial charge in [0.15, 0.2) is 0 Å². The highest BCUT2D eigenvalue weighted by atomic mass is 32.1. The van der Waals surface area contributed by atoms with Crippen molar-refractivity contribution in [2.75, 3.05) is 4.90 Å². The normalized spacial score (nSPS) is 16.9. The molecule has 0 radical (unpaired) electrons. The van der Waals surface area contributed by atoms with E-state index >= 15 is 0 Å². The SMILES string of the molecule is CC1(C)c2cc(N(c3ccc(-c4ccccc4)cc3)c3ccc4c(c3)C(C3=CCCC=C3)(c3ccccc3)c3ccccc3-4)ccc2-c2c1ccc1c2sc2ccccc21. The van der Waals surface area contributed by atoms with Gasteiger partial charge in [0.25, 0.3) is 0 Å². The Labute approximate surface area is 356 Å². The Bertz CT molecular complexity index is 3220. The molecule has 1 aromatic heterocycles. The van der Waals surface area contributed by atoms with Gasteiger partial charge in [0.05, 0.1) is 5.41 Å². The van der Waals surface area contributed by atoms with Gasteiger partial charge in [-0.2, -0.15) is 0 Å². The average Bonchev–Trinajstić information content (AvgIpc) is 3.91. The standard InChI is InChI=1S/C58H43NS/c1-57(2)51-35-34-48-47-23-13-15-25-54(47)60-56(48)55(51)49-33-31-43(36-52(49)57)59(42-28-26-39(27-29-42)38-16-6-3-7-17-38)44-30-32-46-45-22-12-14-24-50(45)58(53(46)37-44,40-18-8-4-9-19-40)41-20-10-5-11-21-41/h3-4,6-10,12-37H,5,11H2,1-2H3. The van der Waals surface area contributed by atoms with Crippen molar-refractivity contribution < 1.29 is 0 Å². The predicted octanol–water partition coefficient (Wildman–Crippen LogP) is 16.1. The third-order valence-corrected chi connectivity index (χ3v) is 14.8. The number of hydrogen-bond acceptors (Lipinski definition) is 2. The van der Waals surface area contributed by atoms with Crippen molar-refractivity contribution in [1.29, 1.82) is 0 Å². The number of rotatable bonds is 6. The third kappa shape index (κ3) is 5.04. The van der Waals surface area contributed by atoms with Crippen LogP contribution in [0.5, 0.6) is 0 Å². The fraction of sp³-hybridized carbons (Fsp3) is 0.103. The van der Waals surface area contributed by atoms with E-state index in [1.807, 2.05) is 11.3 Å². The van der Waals surface area contributed by atoms with E-state index in [1.165, 1.54) is 86.9 Å². The third-order valence-electron chi connectivity index (χ3n) is 13.6. The molecule has 12 rings (SSSR count). The number of benzene rings is 8. The highest BCUT2D eigenvalue weighted by molar-refractivity contribution is 7.26. The molecule has 0 amide bonds. The van der Waals surface area contributed by atoms with Crippen LogP contribution in [-0.2, 0) is 10.8 Å². The Hall–Kier alpha value is -6.74. The summed E-state index contributed by atoms with van der Waals surface area (Å²) in [5.41, 5.74) is 18.7. The van der Waals surface area contributed by atoms with Gasteiger partial charge in [-0.25, -0.2) is 0 Å². The van der Waals surface area contributed by atoms with Gasteiger partial charge in [0, 0.05) is 48.2 Å². The molecule has 0 spiro atoms. The largest absolute Gasteiger partial charge is 0.310 e. The minimum atomic E-state index is -0.444. The fourth-order valence-electron chi connectivity index (χ4n) is 10.8. The molecule has 0 aliphatic heterocycles. The molecule has 286 valence electrons. The number of allylic oxidation sites excluding steroid dienone is 4. The molecule has 60 heavy (non-hydrogen) atoms. The van der Waals surface area contributed by atoms with Crippen LogP contribution in [0.4, 0.5) is 17.1 Å². The van der Waals surface area contributed by atoms with Gasteiger partial charge in [-0.1, -0.05) is 172 Å². The summed E-state index contributed by atoms with van der Waals surface area (Å²) in [4.78, 5) is 2.49. The molecule has 3 aliphatic carbocycles. The lowest BCUT2D eigenvalue weighted by atomic mass is 9.66. The first kappa shape index (κ1) is 35.2. The van der Waals surface area contributed by atoms with E-state index in [1.54, 1.807) is 0 Å². The van der Waals surface area contributed by atoms with Crippen LogP contribution in [0.15, 0.2) is 206 Å². The lowest BCUT2D eigenvalue weighted by Gasteiger charge is -2.36. The second-order valence-corrected chi connectivity index (χ2v) is 18.1. The molecule has 2 heteroatoms. The number of thiophene rings is 1. The van der Waals surface area contributed by atoms with Crippen LogP contribution in [0.3, 0.4) is 0 Å². The van der Waals surface area contributed by atoms with Gasteiger partial charge in [0.2, 0.25) is 0 Å². The quantitative estimate of drug-likeness (QED) is 0.162. The van der Waals surface area contributed by atoms with Gasteiger partial charge in [-0.05, 0) is 117 Å². The molecular formula is C58H43NS. The first-order valence-corrected chi connectivity index (χ1v) is 22.1. The molecule has 8 aromatic carbocycles. The van der Waals surface area contributed by atoms with E-state index < -0.39 is 5.41 Å². The Morgan fingerprint density at radius 3 is 1.92 bits per heavy atom. The zero-order valence-electron chi connectivity index (χ0n) is 33.8. The van der Waals surface area contributed by atoms with Crippen molar-refractivity contribution in [3.63, 3.8) is 0 Å². The molecule has 0 saturated heterocycles. The Morgan fingerprint density at radius 2 is 1.13 bits per heavy atom. The van der Waals surface area contributed by atoms with E-state index in [-0.39, 0.29) is 5.41 Å². The van der Waals surface area contributed by atoms with Crippen LogP contribution >= 0.6 is 11.3 Å². The molecule has 1 heterocycles. The Balaban J connectivity index is 1.08. The summed E-state index contributed by atoms with van der Waals surface area (Å²) in [7, 11) is 0.